The zero-order valence-corrected chi connectivity index (χ0v) is 19.0. The van der Waals surface area contributed by atoms with Crippen molar-refractivity contribution in [3.8, 4) is 0 Å². The maximum atomic E-state index is 13.5. The van der Waals surface area contributed by atoms with E-state index in [9.17, 15) is 4.79 Å². The predicted molar refractivity (Wildman–Crippen MR) is 136 cm³/mol. The van der Waals surface area contributed by atoms with Gasteiger partial charge in [-0.2, -0.15) is 5.10 Å². The average molecular weight is 477 g/mol. The predicted octanol–water partition coefficient (Wildman–Crippen LogP) is 5.27. The summed E-state index contributed by atoms with van der Waals surface area (Å²) in [6.07, 6.45) is 10.8. The third-order valence-electron chi connectivity index (χ3n) is 6.57. The van der Waals surface area contributed by atoms with Crippen molar-refractivity contribution in [2.75, 3.05) is 0 Å². The first-order valence-corrected chi connectivity index (χ1v) is 12.1. The molecule has 7 aromatic heterocycles. The van der Waals surface area contributed by atoms with Gasteiger partial charge < -0.3 is 4.98 Å². The van der Waals surface area contributed by atoms with Crippen molar-refractivity contribution in [1.29, 1.82) is 0 Å². The number of hydrogen-bond acceptors (Lipinski definition) is 7. The van der Waals surface area contributed by atoms with Crippen LogP contribution >= 0.6 is 11.3 Å². The average Bonchev–Trinajstić information content (AvgIpc) is 3.26. The van der Waals surface area contributed by atoms with Crippen LogP contribution in [0, 0.1) is 5.92 Å². The van der Waals surface area contributed by atoms with Crippen LogP contribution in [0.1, 0.15) is 17.6 Å². The quantitative estimate of drug-likeness (QED) is 0.333. The summed E-state index contributed by atoms with van der Waals surface area (Å²) in [7, 11) is 0. The molecule has 1 saturated carbocycles. The first kappa shape index (κ1) is 18.9. The van der Waals surface area contributed by atoms with Gasteiger partial charge in [0.25, 0.3) is 0 Å². The van der Waals surface area contributed by atoms with Gasteiger partial charge >= 0.3 is 0 Å². The van der Waals surface area contributed by atoms with Crippen LogP contribution in [0.25, 0.3) is 64.4 Å². The number of nitrogens with one attached hydrogen (secondary N) is 2. The van der Waals surface area contributed by atoms with Crippen LogP contribution in [0.4, 0.5) is 0 Å². The lowest BCUT2D eigenvalue weighted by atomic mass is 10.2. The monoisotopic (exact) mass is 476 g/mol. The number of hydrogen-bond donors (Lipinski definition) is 2. The van der Waals surface area contributed by atoms with E-state index in [-0.39, 0.29) is 11.8 Å². The Bertz CT molecular complexity index is 2060. The molecule has 1 aliphatic rings. The number of carbonyl (C=O) groups is 1. The number of aromatic amines is 2. The Morgan fingerprint density at radius 3 is 2.74 bits per heavy atom. The van der Waals surface area contributed by atoms with Gasteiger partial charge in [-0.15, -0.1) is 11.3 Å². The van der Waals surface area contributed by atoms with Gasteiger partial charge in [-0.1, -0.05) is 0 Å². The molecule has 9 nitrogen and oxygen atoms in total. The van der Waals surface area contributed by atoms with Gasteiger partial charge in [-0.3, -0.25) is 24.4 Å². The summed E-state index contributed by atoms with van der Waals surface area (Å²) in [5, 5.41) is 11.0. The van der Waals surface area contributed by atoms with E-state index in [4.69, 9.17) is 4.98 Å². The zero-order chi connectivity index (χ0) is 23.1. The maximum absolute atomic E-state index is 13.5. The fourth-order valence-corrected chi connectivity index (χ4v) is 5.69. The Morgan fingerprint density at radius 2 is 1.83 bits per heavy atom. The van der Waals surface area contributed by atoms with Crippen molar-refractivity contribution in [2.45, 2.75) is 12.8 Å². The minimum Gasteiger partial charge on any atom is -0.335 e. The van der Waals surface area contributed by atoms with Crippen LogP contribution in [0.15, 0.2) is 55.2 Å². The van der Waals surface area contributed by atoms with Gasteiger partial charge in [-0.25, -0.2) is 9.97 Å². The van der Waals surface area contributed by atoms with Gasteiger partial charge in [-0.05, 0) is 37.1 Å². The largest absolute Gasteiger partial charge is 0.335 e. The van der Waals surface area contributed by atoms with Crippen LogP contribution in [0.2, 0.25) is 0 Å². The van der Waals surface area contributed by atoms with Crippen molar-refractivity contribution >= 4 is 81.7 Å². The Balaban J connectivity index is 1.65. The number of H-pyrrole nitrogens is 2. The number of rotatable bonds is 1. The molecule has 0 atom stereocenters. The summed E-state index contributed by atoms with van der Waals surface area (Å²) in [5.74, 6) is 0.155. The van der Waals surface area contributed by atoms with Crippen LogP contribution in [-0.4, -0.2) is 45.6 Å². The number of carbonyl (C=O) groups excluding carboxylic acids is 1. The third kappa shape index (κ3) is 2.80. The number of aromatic nitrogens is 8. The lowest BCUT2D eigenvalue weighted by Crippen LogP contribution is -2.12. The highest BCUT2D eigenvalue weighted by atomic mass is 32.1. The molecule has 0 amide bonds. The van der Waals surface area contributed by atoms with Gasteiger partial charge in [0.1, 0.15) is 15.9 Å². The first-order chi connectivity index (χ1) is 17.2. The SMILES string of the molecule is O=C(C1CC1)n1c2cncc(c2)c2cnc3[nH]nc(c4nc5c(cncc5c5ccc1s5)[nH]4)c3c2. The van der Waals surface area contributed by atoms with E-state index in [0.29, 0.717) is 16.8 Å². The Labute approximate surface area is 200 Å². The van der Waals surface area contributed by atoms with Crippen LogP contribution < -0.4 is 0 Å². The lowest BCUT2D eigenvalue weighted by Gasteiger charge is -2.06. The second kappa shape index (κ2) is 6.80. The van der Waals surface area contributed by atoms with Crippen LogP contribution in [-0.2, 0) is 0 Å². The van der Waals surface area contributed by atoms with E-state index < -0.39 is 0 Å². The van der Waals surface area contributed by atoms with E-state index in [1.54, 1.807) is 40.7 Å². The van der Waals surface area contributed by atoms with Gasteiger partial charge in [0, 0.05) is 45.4 Å². The maximum Gasteiger partial charge on any atom is 0.235 e. The highest BCUT2D eigenvalue weighted by Gasteiger charge is 2.31. The first-order valence-electron chi connectivity index (χ1n) is 11.3. The Kier molecular flexibility index (Phi) is 3.68. The molecule has 0 aliphatic heterocycles. The number of pyridine rings is 3. The summed E-state index contributed by atoms with van der Waals surface area (Å²) in [6.45, 7) is 0. The molecule has 35 heavy (non-hydrogen) atoms. The smallest absolute Gasteiger partial charge is 0.235 e. The van der Waals surface area contributed by atoms with Crippen molar-refractivity contribution in [3.63, 3.8) is 0 Å². The van der Waals surface area contributed by atoms with Crippen LogP contribution in [0.5, 0.6) is 0 Å². The van der Waals surface area contributed by atoms with Crippen molar-refractivity contribution in [1.82, 2.24) is 39.7 Å². The van der Waals surface area contributed by atoms with E-state index in [1.165, 1.54) is 0 Å². The fourth-order valence-electron chi connectivity index (χ4n) is 4.64. The zero-order valence-electron chi connectivity index (χ0n) is 18.2. The highest BCUT2D eigenvalue weighted by molar-refractivity contribution is 7.24. The number of thiophene rings is 1. The summed E-state index contributed by atoms with van der Waals surface area (Å²) >= 11 is 1.55. The molecule has 168 valence electrons. The second-order valence-electron chi connectivity index (χ2n) is 8.88. The number of fused-ring (bicyclic) bond motifs is 9. The van der Waals surface area contributed by atoms with Crippen molar-refractivity contribution in [2.24, 2.45) is 5.92 Å². The molecule has 1 fully saturated rings. The molecule has 10 heteroatoms. The molecule has 7 aromatic rings. The Hall–Kier alpha value is -4.44. The summed E-state index contributed by atoms with van der Waals surface area (Å²) in [4.78, 5) is 36.1. The fraction of sp³-hybridized carbons (Fsp3) is 0.120. The highest BCUT2D eigenvalue weighted by Crippen LogP contribution is 2.34. The molecule has 1 aliphatic carbocycles. The van der Waals surface area contributed by atoms with Gasteiger partial charge in [0.15, 0.2) is 11.3 Å². The summed E-state index contributed by atoms with van der Waals surface area (Å²) in [5.41, 5.74) is 4.37. The molecule has 7 heterocycles. The molecule has 0 saturated heterocycles. The van der Waals surface area contributed by atoms with E-state index in [0.717, 1.165) is 60.5 Å². The Morgan fingerprint density at radius 1 is 0.943 bits per heavy atom. The molecule has 2 N–H and O–H groups in total. The summed E-state index contributed by atoms with van der Waals surface area (Å²) < 4.78 is 2.79. The number of imidazole rings is 1. The lowest BCUT2D eigenvalue weighted by molar-refractivity contribution is 0.0896. The van der Waals surface area contributed by atoms with E-state index >= 15 is 0 Å². The molecule has 0 unspecified atom stereocenters. The van der Waals surface area contributed by atoms with Crippen LogP contribution in [0.3, 0.4) is 0 Å². The minimum absolute atomic E-state index is 0.0526. The molecule has 0 aromatic carbocycles. The standard InChI is InChI=1S/C25H16N8OS/c34-25(12-1-2-12)33-15-5-13(7-26-9-15)14-6-16-22(31-32-23(16)28-8-14)24-29-18-11-27-10-17(21(18)30-24)19-3-4-20(33)35-19/h3-12H,1-2H2,(H,29,30)(H,28,31,32). The second-order valence-corrected chi connectivity index (χ2v) is 9.94. The normalized spacial score (nSPS) is 14.1. The molecule has 8 rings (SSSR count). The van der Waals surface area contributed by atoms with Crippen molar-refractivity contribution in [3.05, 3.63) is 55.2 Å². The molecule has 8 bridgehead atoms. The molecular weight excluding hydrogens is 460 g/mol. The summed E-state index contributed by atoms with van der Waals surface area (Å²) in [6, 6.07) is 8.05. The van der Waals surface area contributed by atoms with E-state index in [1.807, 2.05) is 30.5 Å². The van der Waals surface area contributed by atoms with Crippen molar-refractivity contribution < 1.29 is 4.79 Å². The third-order valence-corrected chi connectivity index (χ3v) is 7.68. The van der Waals surface area contributed by atoms with E-state index in [2.05, 4.69) is 30.1 Å². The molecule has 0 spiro atoms. The van der Waals surface area contributed by atoms with Gasteiger partial charge in [0.2, 0.25) is 5.91 Å². The number of nitrogens with zero attached hydrogens (tertiary/aromatic N) is 6. The minimum atomic E-state index is 0.0526. The van der Waals surface area contributed by atoms with Gasteiger partial charge in [0.05, 0.1) is 28.8 Å². The molecular formula is C25H16N8OS. The topological polar surface area (TPSA) is 118 Å². The molecule has 0 radical (unpaired) electrons.